The van der Waals surface area contributed by atoms with Gasteiger partial charge >= 0.3 is 11.7 Å². The van der Waals surface area contributed by atoms with Crippen molar-refractivity contribution in [2.24, 2.45) is 0 Å². The molecule has 0 bridgehead atoms. The smallest absolute Gasteiger partial charge is 0.325 e. The minimum absolute atomic E-state index is 0.135. The first-order valence-corrected chi connectivity index (χ1v) is 6.58. The Balaban J connectivity index is 2.66. The van der Waals surface area contributed by atoms with Crippen LogP contribution < -0.4 is 0 Å². The highest BCUT2D eigenvalue weighted by Crippen LogP contribution is 2.08. The van der Waals surface area contributed by atoms with Gasteiger partial charge in [0.2, 0.25) is 5.91 Å². The zero-order chi connectivity index (χ0) is 15.8. The largest absolute Gasteiger partial charge is 0.465 e. The molecule has 9 nitrogen and oxygen atoms in total. The molecule has 1 rings (SSSR count). The van der Waals surface area contributed by atoms with Crippen molar-refractivity contribution in [3.63, 3.8) is 0 Å². The van der Waals surface area contributed by atoms with Crippen molar-refractivity contribution in [2.45, 2.75) is 26.8 Å². The SMILES string of the molecule is CCCN(CC(=O)OCC)C(=O)Cn1cc([N+](=O)[O-])cn1. The van der Waals surface area contributed by atoms with Crippen molar-refractivity contribution in [2.75, 3.05) is 19.7 Å². The Morgan fingerprint density at radius 3 is 2.71 bits per heavy atom. The third-order valence-corrected chi connectivity index (χ3v) is 2.60. The molecule has 0 saturated heterocycles. The topological polar surface area (TPSA) is 108 Å². The first-order valence-electron chi connectivity index (χ1n) is 6.58. The van der Waals surface area contributed by atoms with Crippen LogP contribution in [0.15, 0.2) is 12.4 Å². The van der Waals surface area contributed by atoms with Crippen LogP contribution in [-0.2, 0) is 20.9 Å². The van der Waals surface area contributed by atoms with Gasteiger partial charge in [0.25, 0.3) is 0 Å². The minimum Gasteiger partial charge on any atom is -0.465 e. The van der Waals surface area contributed by atoms with Gasteiger partial charge < -0.3 is 9.64 Å². The van der Waals surface area contributed by atoms with Gasteiger partial charge in [-0.05, 0) is 13.3 Å². The quantitative estimate of drug-likeness (QED) is 0.395. The van der Waals surface area contributed by atoms with Crippen LogP contribution in [0.25, 0.3) is 0 Å². The van der Waals surface area contributed by atoms with Gasteiger partial charge in [0.15, 0.2) is 0 Å². The van der Waals surface area contributed by atoms with E-state index in [0.717, 1.165) is 6.20 Å². The zero-order valence-electron chi connectivity index (χ0n) is 12.0. The van der Waals surface area contributed by atoms with Crippen molar-refractivity contribution in [1.29, 1.82) is 0 Å². The normalized spacial score (nSPS) is 10.2. The maximum absolute atomic E-state index is 12.1. The lowest BCUT2D eigenvalue weighted by atomic mass is 10.3. The Labute approximate surface area is 121 Å². The molecular weight excluding hydrogens is 280 g/mol. The number of rotatable bonds is 8. The lowest BCUT2D eigenvalue weighted by molar-refractivity contribution is -0.385. The molecule has 1 heterocycles. The van der Waals surface area contributed by atoms with E-state index in [-0.39, 0.29) is 31.3 Å². The third kappa shape index (κ3) is 5.21. The van der Waals surface area contributed by atoms with Crippen LogP contribution in [0.1, 0.15) is 20.3 Å². The maximum Gasteiger partial charge on any atom is 0.325 e. The molecule has 1 amide bonds. The van der Waals surface area contributed by atoms with E-state index < -0.39 is 10.9 Å². The molecule has 0 radical (unpaired) electrons. The van der Waals surface area contributed by atoms with Crippen molar-refractivity contribution >= 4 is 17.6 Å². The molecule has 0 atom stereocenters. The zero-order valence-corrected chi connectivity index (χ0v) is 12.0. The standard InChI is InChI=1S/C12H18N4O5/c1-3-5-14(9-12(18)21-4-2)11(17)8-15-7-10(6-13-15)16(19)20/h6-7H,3-5,8-9H2,1-2H3. The average Bonchev–Trinajstić information content (AvgIpc) is 2.87. The number of ether oxygens (including phenoxy) is 1. The number of hydrogen-bond acceptors (Lipinski definition) is 6. The van der Waals surface area contributed by atoms with Gasteiger partial charge in [0.1, 0.15) is 25.5 Å². The summed E-state index contributed by atoms with van der Waals surface area (Å²) in [6.45, 7) is 3.92. The van der Waals surface area contributed by atoms with E-state index in [2.05, 4.69) is 5.10 Å². The molecule has 0 N–H and O–H groups in total. The third-order valence-electron chi connectivity index (χ3n) is 2.60. The van der Waals surface area contributed by atoms with E-state index in [9.17, 15) is 19.7 Å². The molecule has 0 aliphatic heterocycles. The van der Waals surface area contributed by atoms with E-state index in [0.29, 0.717) is 13.0 Å². The fourth-order valence-corrected chi connectivity index (χ4v) is 1.70. The second-order valence-corrected chi connectivity index (χ2v) is 4.27. The van der Waals surface area contributed by atoms with Gasteiger partial charge in [-0.25, -0.2) is 0 Å². The summed E-state index contributed by atoms with van der Waals surface area (Å²) in [5, 5.41) is 14.3. The number of carbonyl (C=O) groups is 2. The van der Waals surface area contributed by atoms with E-state index >= 15 is 0 Å². The fourth-order valence-electron chi connectivity index (χ4n) is 1.70. The Kier molecular flexibility index (Phi) is 6.31. The molecule has 116 valence electrons. The molecule has 0 aromatic carbocycles. The Morgan fingerprint density at radius 2 is 2.19 bits per heavy atom. The summed E-state index contributed by atoms with van der Waals surface area (Å²) in [5.74, 6) is -0.825. The van der Waals surface area contributed by atoms with Gasteiger partial charge in [0.05, 0.1) is 11.5 Å². The second-order valence-electron chi connectivity index (χ2n) is 4.27. The summed E-state index contributed by atoms with van der Waals surface area (Å²) in [6.07, 6.45) is 2.93. The van der Waals surface area contributed by atoms with Crippen molar-refractivity contribution in [3.05, 3.63) is 22.5 Å². The number of carbonyl (C=O) groups excluding carboxylic acids is 2. The molecule has 0 aliphatic rings. The molecule has 1 aromatic rings. The number of aromatic nitrogens is 2. The van der Waals surface area contributed by atoms with Gasteiger partial charge in [-0.2, -0.15) is 5.10 Å². The molecule has 9 heteroatoms. The van der Waals surface area contributed by atoms with Crippen LogP contribution >= 0.6 is 0 Å². The monoisotopic (exact) mass is 298 g/mol. The van der Waals surface area contributed by atoms with Gasteiger partial charge in [-0.3, -0.25) is 24.4 Å². The molecule has 0 fully saturated rings. The van der Waals surface area contributed by atoms with E-state index in [1.54, 1.807) is 6.92 Å². The number of nitrogens with zero attached hydrogens (tertiary/aromatic N) is 4. The predicted octanol–water partition coefficient (Wildman–Crippen LogP) is 0.593. The number of esters is 1. The average molecular weight is 298 g/mol. The van der Waals surface area contributed by atoms with Crippen LogP contribution in [0, 0.1) is 10.1 Å². The maximum atomic E-state index is 12.1. The van der Waals surface area contributed by atoms with Crippen LogP contribution in [0.2, 0.25) is 0 Å². The lowest BCUT2D eigenvalue weighted by Crippen LogP contribution is -2.39. The van der Waals surface area contributed by atoms with E-state index in [1.165, 1.54) is 15.8 Å². The summed E-state index contributed by atoms with van der Waals surface area (Å²) in [5.41, 5.74) is -0.185. The first kappa shape index (κ1) is 16.6. The molecule has 21 heavy (non-hydrogen) atoms. The predicted molar refractivity (Wildman–Crippen MR) is 72.4 cm³/mol. The summed E-state index contributed by atoms with van der Waals surface area (Å²) >= 11 is 0. The highest BCUT2D eigenvalue weighted by atomic mass is 16.6. The van der Waals surface area contributed by atoms with E-state index in [4.69, 9.17) is 4.74 Å². The summed E-state index contributed by atoms with van der Waals surface area (Å²) in [4.78, 5) is 34.9. The van der Waals surface area contributed by atoms with Crippen LogP contribution in [0.5, 0.6) is 0 Å². The fraction of sp³-hybridized carbons (Fsp3) is 0.583. The molecule has 0 unspecified atom stereocenters. The van der Waals surface area contributed by atoms with Crippen LogP contribution in [0.3, 0.4) is 0 Å². The summed E-state index contributed by atoms with van der Waals surface area (Å²) in [6, 6.07) is 0. The van der Waals surface area contributed by atoms with Crippen molar-refractivity contribution in [3.8, 4) is 0 Å². The van der Waals surface area contributed by atoms with E-state index in [1.807, 2.05) is 6.92 Å². The molecular formula is C12H18N4O5. The summed E-state index contributed by atoms with van der Waals surface area (Å²) < 4.78 is 5.98. The van der Waals surface area contributed by atoms with Crippen LogP contribution in [-0.4, -0.2) is 51.2 Å². The highest BCUT2D eigenvalue weighted by Gasteiger charge is 2.19. The van der Waals surface area contributed by atoms with Crippen molar-refractivity contribution in [1.82, 2.24) is 14.7 Å². The highest BCUT2D eigenvalue weighted by molar-refractivity contribution is 5.81. The van der Waals surface area contributed by atoms with Gasteiger partial charge in [-0.1, -0.05) is 6.92 Å². The van der Waals surface area contributed by atoms with Crippen LogP contribution in [0.4, 0.5) is 5.69 Å². The molecule has 0 aliphatic carbocycles. The number of amides is 1. The number of hydrogen-bond donors (Lipinski definition) is 0. The summed E-state index contributed by atoms with van der Waals surface area (Å²) in [7, 11) is 0. The first-order chi connectivity index (χ1) is 9.97. The lowest BCUT2D eigenvalue weighted by Gasteiger charge is -2.20. The van der Waals surface area contributed by atoms with Gasteiger partial charge in [-0.15, -0.1) is 0 Å². The molecule has 0 saturated carbocycles. The second kappa shape index (κ2) is 7.98. The molecule has 1 aromatic heterocycles. The Morgan fingerprint density at radius 1 is 1.48 bits per heavy atom. The number of nitro groups is 1. The minimum atomic E-state index is -0.587. The molecule has 0 spiro atoms. The van der Waals surface area contributed by atoms with Gasteiger partial charge in [0, 0.05) is 6.54 Å². The Bertz CT molecular complexity index is 514. The van der Waals surface area contributed by atoms with Crippen molar-refractivity contribution < 1.29 is 19.2 Å². The Hall–Kier alpha value is -2.45.